The number of nitrogens with one attached hydrogen (secondary N) is 1. The van der Waals surface area contributed by atoms with Gasteiger partial charge >= 0.3 is 0 Å². The van der Waals surface area contributed by atoms with E-state index in [-0.39, 0.29) is 5.91 Å². The summed E-state index contributed by atoms with van der Waals surface area (Å²) < 4.78 is 10.5. The molecule has 1 rings (SSSR count). The Hall–Kier alpha value is -1.75. The van der Waals surface area contributed by atoms with Crippen LogP contribution in [0, 0.1) is 5.92 Å². The molecule has 0 aromatic heterocycles. The highest BCUT2D eigenvalue weighted by atomic mass is 16.5. The largest absolute Gasteiger partial charge is 0.493 e. The topological polar surface area (TPSA) is 73.6 Å². The molecule has 1 aromatic carbocycles. The molecule has 0 saturated heterocycles. The van der Waals surface area contributed by atoms with Crippen molar-refractivity contribution in [3.05, 3.63) is 23.8 Å². The van der Waals surface area contributed by atoms with Crippen LogP contribution in [0.15, 0.2) is 18.2 Å². The van der Waals surface area contributed by atoms with Crippen molar-refractivity contribution in [2.75, 3.05) is 20.8 Å². The van der Waals surface area contributed by atoms with E-state index in [1.807, 2.05) is 18.2 Å². The summed E-state index contributed by atoms with van der Waals surface area (Å²) in [6.07, 6.45) is 0.847. The fourth-order valence-corrected chi connectivity index (χ4v) is 1.92. The van der Waals surface area contributed by atoms with Gasteiger partial charge in [0.2, 0.25) is 5.91 Å². The standard InChI is InChI=1S/C15H24N2O3/c1-10(9-17-15(18)11(2)16)7-12-5-6-13(19-3)14(8-12)20-4/h5-6,8,10-11H,7,9,16H2,1-4H3,(H,17,18). The van der Waals surface area contributed by atoms with Gasteiger partial charge in [-0.25, -0.2) is 0 Å². The van der Waals surface area contributed by atoms with Gasteiger partial charge in [-0.3, -0.25) is 4.79 Å². The number of hydrogen-bond acceptors (Lipinski definition) is 4. The molecule has 112 valence electrons. The van der Waals surface area contributed by atoms with Crippen LogP contribution in [-0.4, -0.2) is 32.7 Å². The molecule has 0 heterocycles. The number of hydrogen-bond donors (Lipinski definition) is 2. The fraction of sp³-hybridized carbons (Fsp3) is 0.533. The number of ether oxygens (including phenoxy) is 2. The molecule has 20 heavy (non-hydrogen) atoms. The molecule has 0 aliphatic heterocycles. The number of rotatable bonds is 7. The zero-order chi connectivity index (χ0) is 15.1. The van der Waals surface area contributed by atoms with E-state index in [4.69, 9.17) is 15.2 Å². The fourth-order valence-electron chi connectivity index (χ4n) is 1.92. The second-order valence-electron chi connectivity index (χ2n) is 5.03. The van der Waals surface area contributed by atoms with Crippen LogP contribution >= 0.6 is 0 Å². The van der Waals surface area contributed by atoms with Crippen LogP contribution in [-0.2, 0) is 11.2 Å². The summed E-state index contributed by atoms with van der Waals surface area (Å²) >= 11 is 0. The predicted molar refractivity (Wildman–Crippen MR) is 79.1 cm³/mol. The summed E-state index contributed by atoms with van der Waals surface area (Å²) in [4.78, 5) is 11.4. The number of nitrogens with two attached hydrogens (primary N) is 1. The second kappa shape index (κ2) is 7.75. The molecular formula is C15H24N2O3. The summed E-state index contributed by atoms with van der Waals surface area (Å²) in [5.74, 6) is 1.63. The van der Waals surface area contributed by atoms with Gasteiger partial charge in [0, 0.05) is 6.54 Å². The first-order valence-corrected chi connectivity index (χ1v) is 6.72. The lowest BCUT2D eigenvalue weighted by Gasteiger charge is -2.15. The van der Waals surface area contributed by atoms with Gasteiger partial charge in [-0.05, 0) is 37.0 Å². The average Bonchev–Trinajstić information content (AvgIpc) is 2.44. The minimum Gasteiger partial charge on any atom is -0.493 e. The summed E-state index contributed by atoms with van der Waals surface area (Å²) in [5, 5.41) is 2.83. The highest BCUT2D eigenvalue weighted by Gasteiger charge is 2.11. The van der Waals surface area contributed by atoms with E-state index in [2.05, 4.69) is 12.2 Å². The highest BCUT2D eigenvalue weighted by molar-refractivity contribution is 5.80. The highest BCUT2D eigenvalue weighted by Crippen LogP contribution is 2.28. The van der Waals surface area contributed by atoms with Crippen molar-refractivity contribution in [2.24, 2.45) is 11.7 Å². The molecule has 0 radical (unpaired) electrons. The third kappa shape index (κ3) is 4.74. The first kappa shape index (κ1) is 16.3. The molecule has 3 N–H and O–H groups in total. The van der Waals surface area contributed by atoms with Gasteiger partial charge in [0.05, 0.1) is 20.3 Å². The van der Waals surface area contributed by atoms with Crippen LogP contribution in [0.1, 0.15) is 19.4 Å². The number of carbonyl (C=O) groups is 1. The van der Waals surface area contributed by atoms with Crippen molar-refractivity contribution in [2.45, 2.75) is 26.3 Å². The van der Waals surface area contributed by atoms with E-state index in [1.54, 1.807) is 21.1 Å². The Morgan fingerprint density at radius 2 is 1.90 bits per heavy atom. The van der Waals surface area contributed by atoms with Crippen molar-refractivity contribution < 1.29 is 14.3 Å². The van der Waals surface area contributed by atoms with Crippen LogP contribution in [0.3, 0.4) is 0 Å². The number of methoxy groups -OCH3 is 2. The number of amides is 1. The van der Waals surface area contributed by atoms with Crippen molar-refractivity contribution in [3.8, 4) is 11.5 Å². The Morgan fingerprint density at radius 1 is 1.25 bits per heavy atom. The van der Waals surface area contributed by atoms with Crippen LogP contribution in [0.2, 0.25) is 0 Å². The quantitative estimate of drug-likeness (QED) is 0.790. The molecule has 0 saturated carbocycles. The molecule has 1 amide bonds. The molecule has 1 aromatic rings. The van der Waals surface area contributed by atoms with Crippen molar-refractivity contribution >= 4 is 5.91 Å². The van der Waals surface area contributed by atoms with E-state index < -0.39 is 6.04 Å². The molecule has 0 aliphatic rings. The first-order valence-electron chi connectivity index (χ1n) is 6.72. The van der Waals surface area contributed by atoms with Crippen molar-refractivity contribution in [3.63, 3.8) is 0 Å². The Labute approximate surface area is 120 Å². The molecule has 0 spiro atoms. The van der Waals surface area contributed by atoms with E-state index in [1.165, 1.54) is 0 Å². The molecule has 0 aliphatic carbocycles. The minimum absolute atomic E-state index is 0.121. The monoisotopic (exact) mass is 280 g/mol. The Balaban J connectivity index is 2.57. The lowest BCUT2D eigenvalue weighted by atomic mass is 10.0. The zero-order valence-electron chi connectivity index (χ0n) is 12.6. The maximum absolute atomic E-state index is 11.4. The Kier molecular flexibility index (Phi) is 6.31. The van der Waals surface area contributed by atoms with Gasteiger partial charge < -0.3 is 20.5 Å². The van der Waals surface area contributed by atoms with E-state index in [0.717, 1.165) is 17.7 Å². The van der Waals surface area contributed by atoms with E-state index >= 15 is 0 Å². The summed E-state index contributed by atoms with van der Waals surface area (Å²) in [5.41, 5.74) is 6.65. The van der Waals surface area contributed by atoms with Crippen LogP contribution < -0.4 is 20.5 Å². The molecule has 2 atom stereocenters. The van der Waals surface area contributed by atoms with Gasteiger partial charge in [0.15, 0.2) is 11.5 Å². The maximum atomic E-state index is 11.4. The van der Waals surface area contributed by atoms with Gasteiger partial charge in [-0.1, -0.05) is 13.0 Å². The van der Waals surface area contributed by atoms with Gasteiger partial charge in [0.1, 0.15) is 0 Å². The lowest BCUT2D eigenvalue weighted by Crippen LogP contribution is -2.40. The van der Waals surface area contributed by atoms with Crippen LogP contribution in [0.5, 0.6) is 11.5 Å². The molecule has 5 heteroatoms. The van der Waals surface area contributed by atoms with Gasteiger partial charge in [-0.15, -0.1) is 0 Å². The normalized spacial score (nSPS) is 13.4. The first-order chi connectivity index (χ1) is 9.47. The van der Waals surface area contributed by atoms with Gasteiger partial charge in [-0.2, -0.15) is 0 Å². The third-order valence-corrected chi connectivity index (χ3v) is 3.07. The summed E-state index contributed by atoms with van der Waals surface area (Å²) in [6.45, 7) is 4.36. The third-order valence-electron chi connectivity index (χ3n) is 3.07. The molecule has 0 bridgehead atoms. The smallest absolute Gasteiger partial charge is 0.236 e. The van der Waals surface area contributed by atoms with Crippen LogP contribution in [0.25, 0.3) is 0 Å². The van der Waals surface area contributed by atoms with Crippen LogP contribution in [0.4, 0.5) is 0 Å². The molecule has 2 unspecified atom stereocenters. The second-order valence-corrected chi connectivity index (χ2v) is 5.03. The van der Waals surface area contributed by atoms with Crippen molar-refractivity contribution in [1.29, 1.82) is 0 Å². The average molecular weight is 280 g/mol. The number of carbonyl (C=O) groups excluding carboxylic acids is 1. The van der Waals surface area contributed by atoms with Gasteiger partial charge in [0.25, 0.3) is 0 Å². The molecule has 0 fully saturated rings. The lowest BCUT2D eigenvalue weighted by molar-refractivity contribution is -0.122. The minimum atomic E-state index is -0.469. The molecule has 5 nitrogen and oxygen atoms in total. The van der Waals surface area contributed by atoms with E-state index in [9.17, 15) is 4.79 Å². The zero-order valence-corrected chi connectivity index (χ0v) is 12.6. The predicted octanol–water partition coefficient (Wildman–Crippen LogP) is 1.35. The molecular weight excluding hydrogens is 256 g/mol. The summed E-state index contributed by atoms with van der Waals surface area (Å²) in [6, 6.07) is 5.39. The summed E-state index contributed by atoms with van der Waals surface area (Å²) in [7, 11) is 3.23. The Bertz CT molecular complexity index is 447. The Morgan fingerprint density at radius 3 is 2.45 bits per heavy atom. The van der Waals surface area contributed by atoms with Crippen molar-refractivity contribution in [1.82, 2.24) is 5.32 Å². The maximum Gasteiger partial charge on any atom is 0.236 e. The SMILES string of the molecule is COc1ccc(CC(C)CNC(=O)C(C)N)cc1OC. The van der Waals surface area contributed by atoms with E-state index in [0.29, 0.717) is 18.2 Å². The number of benzene rings is 1.